The summed E-state index contributed by atoms with van der Waals surface area (Å²) in [6, 6.07) is 15.1. The fourth-order valence-corrected chi connectivity index (χ4v) is 3.45. The topological polar surface area (TPSA) is 77.2 Å². The average molecular weight is 362 g/mol. The molecule has 1 saturated heterocycles. The first-order valence-corrected chi connectivity index (χ1v) is 9.20. The molecule has 2 heterocycles. The van der Waals surface area contributed by atoms with Gasteiger partial charge in [-0.2, -0.15) is 0 Å². The number of para-hydroxylation sites is 1. The number of likely N-dealkylation sites (tertiary alicyclic amines) is 1. The number of fused-ring (bicyclic) bond motifs is 1. The molecule has 0 radical (unpaired) electrons. The number of carbonyl (C=O) groups excluding carboxylic acids is 2. The second kappa shape index (κ2) is 7.53. The number of H-pyrrole nitrogens is 1. The van der Waals surface area contributed by atoms with Crippen molar-refractivity contribution in [2.75, 3.05) is 23.7 Å². The van der Waals surface area contributed by atoms with E-state index in [0.717, 1.165) is 42.4 Å². The van der Waals surface area contributed by atoms with Crippen LogP contribution in [-0.4, -0.2) is 34.9 Å². The van der Waals surface area contributed by atoms with Crippen molar-refractivity contribution in [3.05, 3.63) is 60.3 Å². The molecule has 0 unspecified atom stereocenters. The Kier molecular flexibility index (Phi) is 4.78. The molecule has 1 aromatic heterocycles. The Balaban J connectivity index is 1.40. The number of hydrogen-bond acceptors (Lipinski definition) is 2. The summed E-state index contributed by atoms with van der Waals surface area (Å²) in [6.45, 7) is 1.60. The second-order valence-electron chi connectivity index (χ2n) is 6.79. The van der Waals surface area contributed by atoms with Crippen LogP contribution < -0.4 is 10.6 Å². The van der Waals surface area contributed by atoms with Gasteiger partial charge in [0.25, 0.3) is 0 Å². The van der Waals surface area contributed by atoms with Crippen LogP contribution in [0.2, 0.25) is 0 Å². The molecule has 0 atom stereocenters. The summed E-state index contributed by atoms with van der Waals surface area (Å²) < 4.78 is 0. The summed E-state index contributed by atoms with van der Waals surface area (Å²) in [5.74, 6) is -0.0947. The molecule has 3 aromatic rings. The Morgan fingerprint density at radius 3 is 2.52 bits per heavy atom. The maximum absolute atomic E-state index is 12.4. The molecule has 138 valence electrons. The average Bonchev–Trinajstić information content (AvgIpc) is 3.33. The van der Waals surface area contributed by atoms with E-state index in [2.05, 4.69) is 15.6 Å². The van der Waals surface area contributed by atoms with Crippen LogP contribution in [0.15, 0.2) is 54.7 Å². The highest BCUT2D eigenvalue weighted by Crippen LogP contribution is 2.20. The van der Waals surface area contributed by atoms with E-state index < -0.39 is 0 Å². The van der Waals surface area contributed by atoms with Crippen LogP contribution in [0.5, 0.6) is 0 Å². The van der Waals surface area contributed by atoms with E-state index in [1.54, 1.807) is 6.07 Å². The standard InChI is InChI=1S/C21H22N4O2/c26-20(12-15-14-22-19-9-2-1-8-18(15)19)23-16-6-5-7-17(13-16)24-21(27)25-10-3-4-11-25/h1-2,5-9,13-14,22H,3-4,10-12H2,(H,23,26)(H,24,27). The molecule has 1 aliphatic heterocycles. The molecule has 0 aliphatic carbocycles. The maximum Gasteiger partial charge on any atom is 0.321 e. The van der Waals surface area contributed by atoms with Crippen LogP contribution in [-0.2, 0) is 11.2 Å². The quantitative estimate of drug-likeness (QED) is 0.656. The second-order valence-corrected chi connectivity index (χ2v) is 6.79. The van der Waals surface area contributed by atoms with Crippen molar-refractivity contribution in [1.82, 2.24) is 9.88 Å². The third-order valence-electron chi connectivity index (χ3n) is 4.82. The van der Waals surface area contributed by atoms with Crippen molar-refractivity contribution in [2.45, 2.75) is 19.3 Å². The van der Waals surface area contributed by atoms with Crippen molar-refractivity contribution in [3.63, 3.8) is 0 Å². The van der Waals surface area contributed by atoms with Crippen LogP contribution in [0.25, 0.3) is 10.9 Å². The molecule has 27 heavy (non-hydrogen) atoms. The van der Waals surface area contributed by atoms with E-state index in [4.69, 9.17) is 0 Å². The van der Waals surface area contributed by atoms with Crippen molar-refractivity contribution < 1.29 is 9.59 Å². The lowest BCUT2D eigenvalue weighted by atomic mass is 10.1. The number of aromatic nitrogens is 1. The van der Waals surface area contributed by atoms with Gasteiger partial charge in [-0.3, -0.25) is 4.79 Å². The van der Waals surface area contributed by atoms with Gasteiger partial charge in [-0.25, -0.2) is 4.79 Å². The van der Waals surface area contributed by atoms with E-state index in [-0.39, 0.29) is 18.4 Å². The first kappa shape index (κ1) is 17.1. The highest BCUT2D eigenvalue weighted by molar-refractivity contribution is 5.97. The number of nitrogens with one attached hydrogen (secondary N) is 3. The molecule has 0 spiro atoms. The molecule has 6 heteroatoms. The maximum atomic E-state index is 12.4. The van der Waals surface area contributed by atoms with Gasteiger partial charge in [0.1, 0.15) is 0 Å². The van der Waals surface area contributed by atoms with Gasteiger partial charge in [-0.15, -0.1) is 0 Å². The zero-order valence-electron chi connectivity index (χ0n) is 15.0. The number of amides is 3. The van der Waals surface area contributed by atoms with Gasteiger partial charge in [-0.1, -0.05) is 24.3 Å². The van der Waals surface area contributed by atoms with Gasteiger partial charge in [0.05, 0.1) is 6.42 Å². The number of rotatable bonds is 4. The zero-order chi connectivity index (χ0) is 18.6. The largest absolute Gasteiger partial charge is 0.361 e. The number of urea groups is 1. The van der Waals surface area contributed by atoms with Crippen LogP contribution in [0.3, 0.4) is 0 Å². The molecule has 1 aliphatic rings. The Bertz CT molecular complexity index is 973. The van der Waals surface area contributed by atoms with E-state index in [1.807, 2.05) is 53.6 Å². The lowest BCUT2D eigenvalue weighted by Gasteiger charge is -2.16. The van der Waals surface area contributed by atoms with Gasteiger partial charge in [0.15, 0.2) is 0 Å². The first-order chi connectivity index (χ1) is 13.2. The van der Waals surface area contributed by atoms with Gasteiger partial charge >= 0.3 is 6.03 Å². The predicted octanol–water partition coefficient (Wildman–Crippen LogP) is 3.98. The SMILES string of the molecule is O=C(Cc1c[nH]c2ccccc12)Nc1cccc(NC(=O)N2CCCC2)c1. The molecular formula is C21H22N4O2. The van der Waals surface area contributed by atoms with E-state index >= 15 is 0 Å². The molecule has 2 aromatic carbocycles. The minimum Gasteiger partial charge on any atom is -0.361 e. The molecule has 3 N–H and O–H groups in total. The predicted molar refractivity (Wildman–Crippen MR) is 107 cm³/mol. The summed E-state index contributed by atoms with van der Waals surface area (Å²) in [5.41, 5.74) is 3.32. The van der Waals surface area contributed by atoms with E-state index in [1.165, 1.54) is 0 Å². The molecule has 0 saturated carbocycles. The Hall–Kier alpha value is -3.28. The fourth-order valence-electron chi connectivity index (χ4n) is 3.45. The summed E-state index contributed by atoms with van der Waals surface area (Å²) in [5, 5.41) is 6.86. The van der Waals surface area contributed by atoms with Crippen molar-refractivity contribution in [1.29, 1.82) is 0 Å². The molecule has 6 nitrogen and oxygen atoms in total. The number of nitrogens with zero attached hydrogens (tertiary/aromatic N) is 1. The number of aromatic amines is 1. The Morgan fingerprint density at radius 2 is 1.70 bits per heavy atom. The highest BCUT2D eigenvalue weighted by atomic mass is 16.2. The van der Waals surface area contributed by atoms with Gasteiger partial charge in [-0.05, 0) is 42.7 Å². The van der Waals surface area contributed by atoms with E-state index in [9.17, 15) is 9.59 Å². The molecule has 0 bridgehead atoms. The summed E-state index contributed by atoms with van der Waals surface area (Å²) in [7, 11) is 0. The summed E-state index contributed by atoms with van der Waals surface area (Å²) in [6.07, 6.45) is 4.26. The van der Waals surface area contributed by atoms with Crippen LogP contribution in [0, 0.1) is 0 Å². The van der Waals surface area contributed by atoms with Crippen molar-refractivity contribution in [2.24, 2.45) is 0 Å². The number of benzene rings is 2. The van der Waals surface area contributed by atoms with Crippen LogP contribution in [0.1, 0.15) is 18.4 Å². The molecular weight excluding hydrogens is 340 g/mol. The van der Waals surface area contributed by atoms with E-state index in [0.29, 0.717) is 11.4 Å². The minimum atomic E-state index is -0.0947. The zero-order valence-corrected chi connectivity index (χ0v) is 15.0. The first-order valence-electron chi connectivity index (χ1n) is 9.20. The monoisotopic (exact) mass is 362 g/mol. The normalized spacial score (nSPS) is 13.7. The van der Waals surface area contributed by atoms with Crippen LogP contribution >= 0.6 is 0 Å². The number of anilines is 2. The molecule has 4 rings (SSSR count). The van der Waals surface area contributed by atoms with Gasteiger partial charge in [0, 0.05) is 41.6 Å². The van der Waals surface area contributed by atoms with Gasteiger partial charge < -0.3 is 20.5 Å². The Labute approximate surface area is 157 Å². The smallest absolute Gasteiger partial charge is 0.321 e. The summed E-state index contributed by atoms with van der Waals surface area (Å²) >= 11 is 0. The lowest BCUT2D eigenvalue weighted by Crippen LogP contribution is -2.32. The van der Waals surface area contributed by atoms with Crippen molar-refractivity contribution >= 4 is 34.2 Å². The lowest BCUT2D eigenvalue weighted by molar-refractivity contribution is -0.115. The van der Waals surface area contributed by atoms with Crippen LogP contribution in [0.4, 0.5) is 16.2 Å². The molecule has 1 fully saturated rings. The fraction of sp³-hybridized carbons (Fsp3) is 0.238. The third-order valence-corrected chi connectivity index (χ3v) is 4.82. The van der Waals surface area contributed by atoms with Crippen molar-refractivity contribution in [3.8, 4) is 0 Å². The third kappa shape index (κ3) is 3.95. The Morgan fingerprint density at radius 1 is 0.963 bits per heavy atom. The molecule has 3 amide bonds. The number of hydrogen-bond donors (Lipinski definition) is 3. The summed E-state index contributed by atoms with van der Waals surface area (Å²) in [4.78, 5) is 29.6. The minimum absolute atomic E-state index is 0.0882. The van der Waals surface area contributed by atoms with Gasteiger partial charge in [0.2, 0.25) is 5.91 Å². The highest BCUT2D eigenvalue weighted by Gasteiger charge is 2.17. The number of carbonyl (C=O) groups is 2.